The van der Waals surface area contributed by atoms with Gasteiger partial charge in [0, 0.05) is 11.1 Å². The molecule has 1 aromatic carbocycles. The third kappa shape index (κ3) is 3.91. The lowest BCUT2D eigenvalue weighted by Crippen LogP contribution is -2.19. The first-order valence-corrected chi connectivity index (χ1v) is 6.05. The summed E-state index contributed by atoms with van der Waals surface area (Å²) >= 11 is 0. The molecule has 0 spiro atoms. The molecule has 6 heteroatoms. The molecule has 0 saturated carbocycles. The Labute approximate surface area is 114 Å². The van der Waals surface area contributed by atoms with Crippen molar-refractivity contribution < 1.29 is 23.0 Å². The first-order valence-electron chi connectivity index (χ1n) is 6.05. The number of alkyl halides is 3. The summed E-state index contributed by atoms with van der Waals surface area (Å²) in [6, 6.07) is 8.74. The molecule has 0 aliphatic carbocycles. The van der Waals surface area contributed by atoms with E-state index in [1.165, 1.54) is 0 Å². The Morgan fingerprint density at radius 3 is 2.70 bits per heavy atom. The van der Waals surface area contributed by atoms with Crippen LogP contribution < -0.4 is 0 Å². The van der Waals surface area contributed by atoms with Crippen LogP contribution in [-0.4, -0.2) is 29.5 Å². The van der Waals surface area contributed by atoms with Crippen LogP contribution in [0.15, 0.2) is 30.3 Å². The molecule has 1 atom stereocenters. The maximum Gasteiger partial charge on any atom is 0.411 e. The first kappa shape index (κ1) is 14.7. The van der Waals surface area contributed by atoms with Gasteiger partial charge in [0.05, 0.1) is 12.1 Å². The van der Waals surface area contributed by atoms with Crippen molar-refractivity contribution in [3.8, 4) is 0 Å². The van der Waals surface area contributed by atoms with Crippen LogP contribution in [-0.2, 0) is 4.74 Å². The van der Waals surface area contributed by atoms with Gasteiger partial charge in [-0.3, -0.25) is 4.98 Å². The Kier molecular flexibility index (Phi) is 4.25. The summed E-state index contributed by atoms with van der Waals surface area (Å²) in [4.78, 5) is 4.31. The Morgan fingerprint density at radius 2 is 2.00 bits per heavy atom. The van der Waals surface area contributed by atoms with E-state index < -0.39 is 25.5 Å². The van der Waals surface area contributed by atoms with Gasteiger partial charge in [-0.15, -0.1) is 0 Å². The van der Waals surface area contributed by atoms with Gasteiger partial charge in [-0.05, 0) is 30.7 Å². The number of nitrogens with zero attached hydrogens (tertiary/aromatic N) is 1. The van der Waals surface area contributed by atoms with Crippen LogP contribution in [0, 0.1) is 6.92 Å². The molecule has 0 aliphatic heterocycles. The van der Waals surface area contributed by atoms with Crippen molar-refractivity contribution in [1.82, 2.24) is 4.98 Å². The molecule has 1 unspecified atom stereocenters. The molecule has 1 heterocycles. The van der Waals surface area contributed by atoms with Gasteiger partial charge in [0.25, 0.3) is 0 Å². The van der Waals surface area contributed by atoms with Gasteiger partial charge in [0.15, 0.2) is 0 Å². The zero-order valence-electron chi connectivity index (χ0n) is 10.8. The SMILES string of the molecule is Cc1ccc2cc(C(O)COCC(F)(F)F)ccc2n1. The van der Waals surface area contributed by atoms with Crippen LogP contribution in [0.5, 0.6) is 0 Å². The molecule has 0 amide bonds. The Balaban J connectivity index is 2.06. The number of benzene rings is 1. The van der Waals surface area contributed by atoms with Crippen molar-refractivity contribution >= 4 is 10.9 Å². The summed E-state index contributed by atoms with van der Waals surface area (Å²) < 4.78 is 40.3. The number of aliphatic hydroxyl groups is 1. The van der Waals surface area contributed by atoms with E-state index in [2.05, 4.69) is 9.72 Å². The van der Waals surface area contributed by atoms with E-state index >= 15 is 0 Å². The van der Waals surface area contributed by atoms with Crippen LogP contribution in [0.2, 0.25) is 0 Å². The second kappa shape index (κ2) is 5.76. The summed E-state index contributed by atoms with van der Waals surface area (Å²) in [7, 11) is 0. The molecular weight excluding hydrogens is 271 g/mol. The lowest BCUT2D eigenvalue weighted by Gasteiger charge is -2.13. The average Bonchev–Trinajstić information content (AvgIpc) is 2.36. The Morgan fingerprint density at radius 1 is 1.25 bits per heavy atom. The highest BCUT2D eigenvalue weighted by molar-refractivity contribution is 5.79. The standard InChI is InChI=1S/C14H14F3NO2/c1-9-2-3-10-6-11(4-5-12(10)18-9)13(19)7-20-8-14(15,16)17/h2-6,13,19H,7-8H2,1H3. The molecule has 2 aromatic rings. The summed E-state index contributed by atoms with van der Waals surface area (Å²) in [6.45, 7) is 0.107. The summed E-state index contributed by atoms with van der Waals surface area (Å²) in [5.41, 5.74) is 2.15. The molecule has 2 rings (SSSR count). The number of halogens is 3. The maximum atomic E-state index is 11.9. The van der Waals surface area contributed by atoms with Crippen molar-refractivity contribution in [3.05, 3.63) is 41.6 Å². The predicted octanol–water partition coefficient (Wildman–Crippen LogP) is 3.16. The van der Waals surface area contributed by atoms with Gasteiger partial charge < -0.3 is 9.84 Å². The summed E-state index contributed by atoms with van der Waals surface area (Å²) in [6.07, 6.45) is -5.48. The normalized spacial score (nSPS) is 13.7. The average molecular weight is 285 g/mol. The van der Waals surface area contributed by atoms with Crippen molar-refractivity contribution in [2.45, 2.75) is 19.2 Å². The fraction of sp³-hybridized carbons (Fsp3) is 0.357. The van der Waals surface area contributed by atoms with Crippen LogP contribution in [0.3, 0.4) is 0 Å². The van der Waals surface area contributed by atoms with Crippen molar-refractivity contribution in [1.29, 1.82) is 0 Å². The van der Waals surface area contributed by atoms with Crippen molar-refractivity contribution in [2.24, 2.45) is 0 Å². The molecule has 1 N–H and O–H groups in total. The minimum Gasteiger partial charge on any atom is -0.386 e. The van der Waals surface area contributed by atoms with E-state index in [1.54, 1.807) is 18.2 Å². The number of rotatable bonds is 4. The smallest absolute Gasteiger partial charge is 0.386 e. The molecule has 3 nitrogen and oxygen atoms in total. The van der Waals surface area contributed by atoms with Gasteiger partial charge in [-0.25, -0.2) is 0 Å². The lowest BCUT2D eigenvalue weighted by atomic mass is 10.1. The van der Waals surface area contributed by atoms with E-state index in [4.69, 9.17) is 0 Å². The monoisotopic (exact) mass is 285 g/mol. The zero-order valence-corrected chi connectivity index (χ0v) is 10.8. The fourth-order valence-electron chi connectivity index (χ4n) is 1.84. The minimum atomic E-state index is -4.38. The Bertz CT molecular complexity index is 598. The number of aliphatic hydroxyl groups excluding tert-OH is 1. The van der Waals surface area contributed by atoms with Gasteiger partial charge in [-0.2, -0.15) is 13.2 Å². The molecule has 108 valence electrons. The summed E-state index contributed by atoms with van der Waals surface area (Å²) in [5, 5.41) is 10.6. The fourth-order valence-corrected chi connectivity index (χ4v) is 1.84. The van der Waals surface area contributed by atoms with Gasteiger partial charge in [0.1, 0.15) is 12.7 Å². The van der Waals surface area contributed by atoms with E-state index in [-0.39, 0.29) is 0 Å². The molecule has 20 heavy (non-hydrogen) atoms. The van der Waals surface area contributed by atoms with Crippen LogP contribution in [0.4, 0.5) is 13.2 Å². The topological polar surface area (TPSA) is 42.4 Å². The van der Waals surface area contributed by atoms with Crippen LogP contribution in [0.1, 0.15) is 17.4 Å². The molecular formula is C14H14F3NO2. The number of aromatic nitrogens is 1. The van der Waals surface area contributed by atoms with Crippen molar-refractivity contribution in [2.75, 3.05) is 13.2 Å². The van der Waals surface area contributed by atoms with E-state index in [9.17, 15) is 18.3 Å². The lowest BCUT2D eigenvalue weighted by molar-refractivity contribution is -0.179. The maximum absolute atomic E-state index is 11.9. The third-order valence-corrected chi connectivity index (χ3v) is 2.78. The quantitative estimate of drug-likeness (QED) is 0.938. The second-order valence-electron chi connectivity index (χ2n) is 4.55. The van der Waals surface area contributed by atoms with Crippen LogP contribution >= 0.6 is 0 Å². The molecule has 1 aromatic heterocycles. The largest absolute Gasteiger partial charge is 0.411 e. The molecule has 0 radical (unpaired) electrons. The molecule has 0 saturated heterocycles. The number of hydrogen-bond donors (Lipinski definition) is 1. The third-order valence-electron chi connectivity index (χ3n) is 2.78. The number of aryl methyl sites for hydroxylation is 1. The van der Waals surface area contributed by atoms with Gasteiger partial charge in [-0.1, -0.05) is 12.1 Å². The zero-order chi connectivity index (χ0) is 14.8. The highest BCUT2D eigenvalue weighted by atomic mass is 19.4. The van der Waals surface area contributed by atoms with Gasteiger partial charge >= 0.3 is 6.18 Å². The predicted molar refractivity (Wildman–Crippen MR) is 68.3 cm³/mol. The molecule has 0 fully saturated rings. The number of fused-ring (bicyclic) bond motifs is 1. The van der Waals surface area contributed by atoms with Crippen LogP contribution in [0.25, 0.3) is 10.9 Å². The number of ether oxygens (including phenoxy) is 1. The minimum absolute atomic E-state index is 0.399. The first-order chi connectivity index (χ1) is 9.35. The van der Waals surface area contributed by atoms with Crippen molar-refractivity contribution in [3.63, 3.8) is 0 Å². The van der Waals surface area contributed by atoms with E-state index in [0.717, 1.165) is 16.6 Å². The molecule has 0 bridgehead atoms. The summed E-state index contributed by atoms with van der Waals surface area (Å²) in [5.74, 6) is 0. The van der Waals surface area contributed by atoms with Gasteiger partial charge in [0.2, 0.25) is 0 Å². The highest BCUT2D eigenvalue weighted by Gasteiger charge is 2.27. The van der Waals surface area contributed by atoms with E-state index in [1.807, 2.05) is 19.1 Å². The van der Waals surface area contributed by atoms with E-state index in [0.29, 0.717) is 5.56 Å². The number of pyridine rings is 1. The highest BCUT2D eigenvalue weighted by Crippen LogP contribution is 2.21. The Hall–Kier alpha value is -1.66. The molecule has 0 aliphatic rings. The number of hydrogen-bond acceptors (Lipinski definition) is 3. The second-order valence-corrected chi connectivity index (χ2v) is 4.55.